The molecule has 0 aromatic heterocycles. The summed E-state index contributed by atoms with van der Waals surface area (Å²) in [6, 6.07) is 7.87. The van der Waals surface area contributed by atoms with Gasteiger partial charge in [-0.05, 0) is 37.5 Å². The topological polar surface area (TPSA) is 56.3 Å². The highest BCUT2D eigenvalue weighted by Crippen LogP contribution is 2.13. The lowest BCUT2D eigenvalue weighted by atomic mass is 10.2. The second kappa shape index (κ2) is 9.35. The molecular weight excluding hydrogens is 330 g/mol. The van der Waals surface area contributed by atoms with Crippen LogP contribution in [0.5, 0.6) is 5.75 Å². The number of carbonyl (C=O) groups is 1. The van der Waals surface area contributed by atoms with E-state index in [1.807, 2.05) is 36.1 Å². The smallest absolute Gasteiger partial charge is 0.236 e. The minimum Gasteiger partial charge on any atom is -0.491 e. The van der Waals surface area contributed by atoms with Crippen molar-refractivity contribution >= 4 is 5.91 Å². The quantitative estimate of drug-likeness (QED) is 0.784. The maximum absolute atomic E-state index is 12.2. The van der Waals surface area contributed by atoms with Gasteiger partial charge in [-0.3, -0.25) is 14.6 Å². The number of carbonyl (C=O) groups excluding carboxylic acids is 1. The molecule has 1 amide bonds. The first-order valence-corrected chi connectivity index (χ1v) is 9.70. The molecule has 1 atom stereocenters. The highest BCUT2D eigenvalue weighted by molar-refractivity contribution is 5.78. The van der Waals surface area contributed by atoms with Gasteiger partial charge < -0.3 is 14.7 Å². The van der Waals surface area contributed by atoms with Gasteiger partial charge in [0.2, 0.25) is 5.91 Å². The van der Waals surface area contributed by atoms with E-state index in [2.05, 4.69) is 9.80 Å². The number of likely N-dealkylation sites (tertiary alicyclic amines) is 1. The van der Waals surface area contributed by atoms with Crippen molar-refractivity contribution in [1.82, 2.24) is 14.7 Å². The number of β-amino-alcohol motifs (C(OH)–C–C–N with tert-alkyl or cyclic N) is 1. The minimum absolute atomic E-state index is 0.266. The number of aliphatic hydroxyl groups is 1. The van der Waals surface area contributed by atoms with Crippen LogP contribution in [-0.4, -0.2) is 90.8 Å². The van der Waals surface area contributed by atoms with E-state index in [-0.39, 0.29) is 5.91 Å². The van der Waals surface area contributed by atoms with Crippen LogP contribution in [0.2, 0.25) is 0 Å². The molecule has 0 saturated carbocycles. The molecule has 1 aromatic carbocycles. The summed E-state index contributed by atoms with van der Waals surface area (Å²) in [5.74, 6) is 1.07. The zero-order chi connectivity index (χ0) is 18.4. The molecule has 2 aliphatic rings. The molecule has 3 rings (SSSR count). The average molecular weight is 361 g/mol. The summed E-state index contributed by atoms with van der Waals surface area (Å²) in [4.78, 5) is 18.7. The number of hydrogen-bond donors (Lipinski definition) is 1. The molecule has 0 bridgehead atoms. The monoisotopic (exact) mass is 361 g/mol. The number of amides is 1. The molecule has 0 aliphatic carbocycles. The summed E-state index contributed by atoms with van der Waals surface area (Å²) in [6.45, 7) is 8.85. The van der Waals surface area contributed by atoms with E-state index < -0.39 is 6.10 Å². The molecule has 2 aliphatic heterocycles. The lowest BCUT2D eigenvalue weighted by Crippen LogP contribution is -2.51. The molecule has 1 aromatic rings. The number of benzene rings is 1. The lowest BCUT2D eigenvalue weighted by Gasteiger charge is -2.35. The molecule has 26 heavy (non-hydrogen) atoms. The molecule has 0 radical (unpaired) electrons. The van der Waals surface area contributed by atoms with E-state index in [9.17, 15) is 9.90 Å². The molecule has 144 valence electrons. The van der Waals surface area contributed by atoms with Crippen LogP contribution in [-0.2, 0) is 4.79 Å². The normalized spacial score (nSPS) is 20.3. The van der Waals surface area contributed by atoms with Gasteiger partial charge in [0.15, 0.2) is 0 Å². The van der Waals surface area contributed by atoms with Crippen molar-refractivity contribution in [3.05, 3.63) is 29.8 Å². The van der Waals surface area contributed by atoms with Crippen LogP contribution in [0.4, 0.5) is 0 Å². The maximum atomic E-state index is 12.2. The molecule has 6 heteroatoms. The van der Waals surface area contributed by atoms with Gasteiger partial charge in [-0.2, -0.15) is 0 Å². The predicted octanol–water partition coefficient (Wildman–Crippen LogP) is 0.975. The Hall–Kier alpha value is -1.63. The van der Waals surface area contributed by atoms with E-state index in [1.54, 1.807) is 0 Å². The first-order valence-electron chi connectivity index (χ1n) is 9.70. The molecule has 2 fully saturated rings. The van der Waals surface area contributed by atoms with Crippen molar-refractivity contribution in [2.45, 2.75) is 25.9 Å². The van der Waals surface area contributed by atoms with Crippen molar-refractivity contribution < 1.29 is 14.6 Å². The van der Waals surface area contributed by atoms with E-state index >= 15 is 0 Å². The number of aryl methyl sites for hydroxylation is 1. The molecule has 1 unspecified atom stereocenters. The first kappa shape index (κ1) is 19.1. The van der Waals surface area contributed by atoms with Crippen LogP contribution in [0.25, 0.3) is 0 Å². The van der Waals surface area contributed by atoms with Crippen LogP contribution in [0.1, 0.15) is 18.4 Å². The average Bonchev–Trinajstić information content (AvgIpc) is 3.17. The van der Waals surface area contributed by atoms with Crippen LogP contribution in [0.15, 0.2) is 24.3 Å². The van der Waals surface area contributed by atoms with Gasteiger partial charge in [0.05, 0.1) is 6.54 Å². The van der Waals surface area contributed by atoms with Crippen molar-refractivity contribution in [3.63, 3.8) is 0 Å². The van der Waals surface area contributed by atoms with Crippen LogP contribution < -0.4 is 4.74 Å². The zero-order valence-corrected chi connectivity index (χ0v) is 15.8. The number of hydrogen-bond acceptors (Lipinski definition) is 5. The number of aliphatic hydroxyl groups excluding tert-OH is 1. The third-order valence-corrected chi connectivity index (χ3v) is 5.18. The van der Waals surface area contributed by atoms with E-state index in [4.69, 9.17) is 4.74 Å². The maximum Gasteiger partial charge on any atom is 0.236 e. The Morgan fingerprint density at radius 2 is 1.81 bits per heavy atom. The van der Waals surface area contributed by atoms with Crippen LogP contribution >= 0.6 is 0 Å². The van der Waals surface area contributed by atoms with Gasteiger partial charge in [0, 0.05) is 45.8 Å². The van der Waals surface area contributed by atoms with E-state index in [0.29, 0.717) is 19.7 Å². The Labute approximate surface area is 156 Å². The highest BCUT2D eigenvalue weighted by Gasteiger charge is 2.24. The summed E-state index contributed by atoms with van der Waals surface area (Å²) >= 11 is 0. The second-order valence-corrected chi connectivity index (χ2v) is 7.45. The number of rotatable bonds is 7. The summed E-state index contributed by atoms with van der Waals surface area (Å²) in [6.07, 6.45) is 1.78. The fourth-order valence-corrected chi connectivity index (χ4v) is 3.64. The summed E-state index contributed by atoms with van der Waals surface area (Å²) in [7, 11) is 0. The molecule has 2 heterocycles. The van der Waals surface area contributed by atoms with E-state index in [1.165, 1.54) is 0 Å². The fraction of sp³-hybridized carbons (Fsp3) is 0.650. The standard InChI is InChI=1S/C20H31N3O3/c1-17-5-4-6-19(13-17)26-16-18(24)14-21-9-11-22(12-10-21)15-20(25)23-7-2-3-8-23/h4-6,13,18,24H,2-3,7-12,14-16H2,1H3. The number of piperazine rings is 1. The van der Waals surface area contributed by atoms with Crippen molar-refractivity contribution in [2.75, 3.05) is 59.0 Å². The third-order valence-electron chi connectivity index (χ3n) is 5.18. The third kappa shape index (κ3) is 5.69. The van der Waals surface area contributed by atoms with Crippen molar-refractivity contribution in [1.29, 1.82) is 0 Å². The van der Waals surface area contributed by atoms with Gasteiger partial charge in [-0.15, -0.1) is 0 Å². The Morgan fingerprint density at radius 3 is 2.50 bits per heavy atom. The lowest BCUT2D eigenvalue weighted by molar-refractivity contribution is -0.131. The SMILES string of the molecule is Cc1cccc(OCC(O)CN2CCN(CC(=O)N3CCCC3)CC2)c1. The first-order chi connectivity index (χ1) is 12.6. The van der Waals surface area contributed by atoms with Crippen LogP contribution in [0.3, 0.4) is 0 Å². The van der Waals surface area contributed by atoms with Crippen molar-refractivity contribution in [3.8, 4) is 5.75 Å². The highest BCUT2D eigenvalue weighted by atomic mass is 16.5. The Kier molecular flexibility index (Phi) is 6.88. The minimum atomic E-state index is -0.506. The Bertz CT molecular complexity index is 581. The number of nitrogens with zero attached hydrogens (tertiary/aromatic N) is 3. The van der Waals surface area contributed by atoms with Crippen molar-refractivity contribution in [2.24, 2.45) is 0 Å². The molecule has 1 N–H and O–H groups in total. The van der Waals surface area contributed by atoms with Gasteiger partial charge in [-0.1, -0.05) is 12.1 Å². The second-order valence-electron chi connectivity index (χ2n) is 7.45. The Balaban J connectivity index is 1.33. The molecular formula is C20H31N3O3. The Morgan fingerprint density at radius 1 is 1.12 bits per heavy atom. The largest absolute Gasteiger partial charge is 0.491 e. The zero-order valence-electron chi connectivity index (χ0n) is 15.8. The molecule has 2 saturated heterocycles. The molecule has 6 nitrogen and oxygen atoms in total. The van der Waals surface area contributed by atoms with Gasteiger partial charge in [-0.25, -0.2) is 0 Å². The predicted molar refractivity (Wildman–Crippen MR) is 101 cm³/mol. The number of ether oxygens (including phenoxy) is 1. The molecule has 0 spiro atoms. The van der Waals surface area contributed by atoms with Gasteiger partial charge >= 0.3 is 0 Å². The summed E-state index contributed by atoms with van der Waals surface area (Å²) < 4.78 is 5.68. The summed E-state index contributed by atoms with van der Waals surface area (Å²) in [5, 5.41) is 10.2. The van der Waals surface area contributed by atoms with Crippen LogP contribution in [0, 0.1) is 6.92 Å². The van der Waals surface area contributed by atoms with Gasteiger partial charge in [0.25, 0.3) is 0 Å². The fourth-order valence-electron chi connectivity index (χ4n) is 3.64. The van der Waals surface area contributed by atoms with E-state index in [0.717, 1.165) is 63.4 Å². The van der Waals surface area contributed by atoms with Gasteiger partial charge in [0.1, 0.15) is 18.5 Å². The summed E-state index contributed by atoms with van der Waals surface area (Å²) in [5.41, 5.74) is 1.15.